The predicted molar refractivity (Wildman–Crippen MR) is 121 cm³/mol. The molecule has 11 heteroatoms. The number of hydrogen-bond acceptors (Lipinski definition) is 7. The molecule has 0 aliphatic rings. The van der Waals surface area contributed by atoms with E-state index < -0.39 is 28.5 Å². The maximum atomic E-state index is 14.6. The van der Waals surface area contributed by atoms with E-state index in [1.807, 2.05) is 0 Å². The Bertz CT molecular complexity index is 1110. The van der Waals surface area contributed by atoms with Crippen molar-refractivity contribution in [2.45, 2.75) is 24.3 Å². The maximum Gasteiger partial charge on any atom is 0.339 e. The van der Waals surface area contributed by atoms with Gasteiger partial charge in [0.25, 0.3) is 0 Å². The number of thiocarbonyl (C=S) groups is 1. The number of esters is 1. The lowest BCUT2D eigenvalue weighted by atomic mass is 9.90. The van der Waals surface area contributed by atoms with Gasteiger partial charge in [0, 0.05) is 16.9 Å². The number of aromatic nitrogens is 3. The number of nitrogens with zero attached hydrogens (tertiary/aromatic N) is 3. The second-order valence-electron chi connectivity index (χ2n) is 6.85. The van der Waals surface area contributed by atoms with Gasteiger partial charge in [0.05, 0.1) is 24.9 Å². The predicted octanol–water partition coefficient (Wildman–Crippen LogP) is 3.75. The molecule has 0 amide bonds. The van der Waals surface area contributed by atoms with Gasteiger partial charge in [-0.25, -0.2) is 23.2 Å². The second kappa shape index (κ2) is 10.2. The Balaban J connectivity index is 1.86. The number of aliphatic hydroxyl groups is 1. The van der Waals surface area contributed by atoms with Crippen molar-refractivity contribution < 1.29 is 23.4 Å². The van der Waals surface area contributed by atoms with Crippen LogP contribution in [0.1, 0.15) is 22.8 Å². The summed E-state index contributed by atoms with van der Waals surface area (Å²) in [5.41, 5.74) is -1.21. The Morgan fingerprint density at radius 3 is 2.75 bits per heavy atom. The van der Waals surface area contributed by atoms with E-state index >= 15 is 0 Å². The molecule has 3 aromatic rings. The third-order valence-electron chi connectivity index (χ3n) is 4.79. The van der Waals surface area contributed by atoms with Gasteiger partial charge < -0.3 is 15.2 Å². The number of methoxy groups -OCH3 is 1. The van der Waals surface area contributed by atoms with Crippen LogP contribution >= 0.6 is 24.0 Å². The van der Waals surface area contributed by atoms with Gasteiger partial charge in [-0.3, -0.25) is 0 Å². The molecule has 0 unspecified atom stereocenters. The van der Waals surface area contributed by atoms with E-state index in [1.165, 1.54) is 30.5 Å². The first-order valence-electron chi connectivity index (χ1n) is 9.40. The SMILES string of the molecule is COC(=O)c1ccccc1NC(=S)S[C@H](C)[C@](O)(Cn1cncn1)c1ccc(F)cc1F. The normalized spacial score (nSPS) is 13.8. The van der Waals surface area contributed by atoms with Crippen molar-refractivity contribution >= 4 is 40.0 Å². The molecule has 0 fully saturated rings. The van der Waals surface area contributed by atoms with Crippen molar-refractivity contribution in [2.24, 2.45) is 0 Å². The summed E-state index contributed by atoms with van der Waals surface area (Å²) in [5, 5.41) is 17.8. The average Bonchev–Trinajstić information content (AvgIpc) is 3.26. The minimum absolute atomic E-state index is 0.104. The summed E-state index contributed by atoms with van der Waals surface area (Å²) in [6, 6.07) is 9.63. The van der Waals surface area contributed by atoms with Gasteiger partial charge in [-0.1, -0.05) is 42.2 Å². The molecule has 2 N–H and O–H groups in total. The molecule has 1 heterocycles. The van der Waals surface area contributed by atoms with Gasteiger partial charge in [-0.2, -0.15) is 5.10 Å². The molecule has 0 radical (unpaired) electrons. The smallest absolute Gasteiger partial charge is 0.339 e. The maximum absolute atomic E-state index is 14.6. The molecule has 0 spiro atoms. The lowest BCUT2D eigenvalue weighted by molar-refractivity contribution is 0.0136. The van der Waals surface area contributed by atoms with Crippen LogP contribution in [0.5, 0.6) is 0 Å². The van der Waals surface area contributed by atoms with Gasteiger partial charge in [0.1, 0.15) is 34.2 Å². The Hall–Kier alpha value is -2.89. The Morgan fingerprint density at radius 1 is 1.34 bits per heavy atom. The lowest BCUT2D eigenvalue weighted by Crippen LogP contribution is -2.42. The highest BCUT2D eigenvalue weighted by molar-refractivity contribution is 8.23. The highest BCUT2D eigenvalue weighted by Gasteiger charge is 2.40. The third-order valence-corrected chi connectivity index (χ3v) is 6.24. The number of nitrogens with one attached hydrogen (secondary N) is 1. The number of hydrogen-bond donors (Lipinski definition) is 2. The van der Waals surface area contributed by atoms with E-state index in [0.717, 1.165) is 17.8 Å². The fourth-order valence-electron chi connectivity index (χ4n) is 3.11. The molecule has 0 aliphatic carbocycles. The number of rotatable bonds is 7. The molecule has 2 aromatic carbocycles. The number of benzene rings is 2. The summed E-state index contributed by atoms with van der Waals surface area (Å²) in [7, 11) is 1.27. The third kappa shape index (κ3) is 5.29. The van der Waals surface area contributed by atoms with Crippen LogP contribution in [0.15, 0.2) is 55.1 Å². The summed E-state index contributed by atoms with van der Waals surface area (Å²) < 4.78 is 34.5. The minimum atomic E-state index is -1.82. The van der Waals surface area contributed by atoms with Crippen molar-refractivity contribution in [1.29, 1.82) is 0 Å². The summed E-state index contributed by atoms with van der Waals surface area (Å²) in [4.78, 5) is 15.8. The second-order valence-corrected chi connectivity index (χ2v) is 8.87. The van der Waals surface area contributed by atoms with Crippen LogP contribution in [0.25, 0.3) is 0 Å². The van der Waals surface area contributed by atoms with Crippen LogP contribution in [0.4, 0.5) is 14.5 Å². The molecule has 0 saturated carbocycles. The zero-order chi connectivity index (χ0) is 23.3. The average molecular weight is 479 g/mol. The fraction of sp³-hybridized carbons (Fsp3) is 0.238. The Morgan fingerprint density at radius 2 is 2.09 bits per heavy atom. The summed E-state index contributed by atoms with van der Waals surface area (Å²) in [6.45, 7) is 1.51. The molecule has 7 nitrogen and oxygen atoms in total. The van der Waals surface area contributed by atoms with E-state index in [-0.39, 0.29) is 22.0 Å². The van der Waals surface area contributed by atoms with Gasteiger partial charge >= 0.3 is 5.97 Å². The summed E-state index contributed by atoms with van der Waals surface area (Å²) in [5.74, 6) is -2.19. The van der Waals surface area contributed by atoms with E-state index in [9.17, 15) is 18.7 Å². The summed E-state index contributed by atoms with van der Waals surface area (Å²) in [6.07, 6.45) is 2.67. The van der Waals surface area contributed by atoms with E-state index in [2.05, 4.69) is 15.4 Å². The highest BCUT2D eigenvalue weighted by Crippen LogP contribution is 2.37. The molecule has 32 heavy (non-hydrogen) atoms. The van der Waals surface area contributed by atoms with Crippen LogP contribution in [-0.4, -0.2) is 42.5 Å². The molecule has 3 rings (SSSR count). The Kier molecular flexibility index (Phi) is 7.54. The molecule has 1 aromatic heterocycles. The van der Waals surface area contributed by atoms with Gasteiger partial charge in [-0.05, 0) is 25.1 Å². The number of carbonyl (C=O) groups is 1. The van der Waals surface area contributed by atoms with Gasteiger partial charge in [-0.15, -0.1) is 0 Å². The van der Waals surface area contributed by atoms with Crippen molar-refractivity contribution in [2.75, 3.05) is 12.4 Å². The van der Waals surface area contributed by atoms with Crippen LogP contribution < -0.4 is 5.32 Å². The molecule has 0 saturated heterocycles. The first-order chi connectivity index (χ1) is 15.2. The van der Waals surface area contributed by atoms with E-state index in [4.69, 9.17) is 17.0 Å². The van der Waals surface area contributed by atoms with E-state index in [1.54, 1.807) is 31.2 Å². The van der Waals surface area contributed by atoms with Crippen molar-refractivity contribution in [1.82, 2.24) is 14.8 Å². The zero-order valence-electron chi connectivity index (χ0n) is 17.2. The monoisotopic (exact) mass is 478 g/mol. The minimum Gasteiger partial charge on any atom is -0.465 e. The van der Waals surface area contributed by atoms with Crippen molar-refractivity contribution in [3.05, 3.63) is 77.9 Å². The van der Waals surface area contributed by atoms with Crippen molar-refractivity contribution in [3.63, 3.8) is 0 Å². The number of anilines is 1. The number of thioether (sulfide) groups is 1. The van der Waals surface area contributed by atoms with Crippen molar-refractivity contribution in [3.8, 4) is 0 Å². The highest BCUT2D eigenvalue weighted by atomic mass is 32.2. The van der Waals surface area contributed by atoms with E-state index in [0.29, 0.717) is 11.8 Å². The zero-order valence-corrected chi connectivity index (χ0v) is 18.8. The van der Waals surface area contributed by atoms with Crippen LogP contribution in [-0.2, 0) is 16.9 Å². The quantitative estimate of drug-likeness (QED) is 0.392. The largest absolute Gasteiger partial charge is 0.465 e. The first kappa shape index (κ1) is 23.8. The van der Waals surface area contributed by atoms with Crippen LogP contribution in [0, 0.1) is 11.6 Å². The fourth-order valence-corrected chi connectivity index (χ4v) is 4.54. The molecule has 0 aliphatic heterocycles. The topological polar surface area (TPSA) is 89.3 Å². The molecule has 0 bridgehead atoms. The number of carbonyl (C=O) groups excluding carboxylic acids is 1. The molecule has 168 valence electrons. The standard InChI is InChI=1S/C21H20F2N4O3S2/c1-13(32-20(31)26-18-6-4-3-5-15(18)19(28)30-2)21(29,10-27-12-24-11-25-27)16-8-7-14(22)9-17(16)23/h3-9,11-13,29H,10H2,1-2H3,(H,26,31)/t13-,21-/m1/s1. The summed E-state index contributed by atoms with van der Waals surface area (Å²) >= 11 is 6.47. The molecular formula is C21H20F2N4O3S2. The number of para-hydroxylation sites is 1. The van der Waals surface area contributed by atoms with Gasteiger partial charge in [0.2, 0.25) is 0 Å². The first-order valence-corrected chi connectivity index (χ1v) is 10.7. The number of halogens is 2. The van der Waals surface area contributed by atoms with Gasteiger partial charge in [0.15, 0.2) is 0 Å². The molecule has 2 atom stereocenters. The van der Waals surface area contributed by atoms with Crippen LogP contribution in [0.3, 0.4) is 0 Å². The number of ether oxygens (including phenoxy) is 1. The lowest BCUT2D eigenvalue weighted by Gasteiger charge is -2.34. The van der Waals surface area contributed by atoms with Crippen LogP contribution in [0.2, 0.25) is 0 Å². The molecular weight excluding hydrogens is 458 g/mol. The Labute approximate surface area is 192 Å².